The predicted molar refractivity (Wildman–Crippen MR) is 78.2 cm³/mol. The number of amides is 1. The lowest BCUT2D eigenvalue weighted by molar-refractivity contribution is -0.115. The summed E-state index contributed by atoms with van der Waals surface area (Å²) in [5.74, 6) is 0.313. The summed E-state index contributed by atoms with van der Waals surface area (Å²) in [6.07, 6.45) is 1.37. The lowest BCUT2D eigenvalue weighted by atomic mass is 9.95. The number of nitrogens with two attached hydrogens (primary N) is 1. The Hall–Kier alpha value is -2.55. The Morgan fingerprint density at radius 3 is 2.50 bits per heavy atom. The number of rotatable bonds is 2. The van der Waals surface area contributed by atoms with Gasteiger partial charge in [0.15, 0.2) is 6.10 Å². The van der Waals surface area contributed by atoms with Crippen molar-refractivity contribution in [1.82, 2.24) is 0 Å². The van der Waals surface area contributed by atoms with Crippen LogP contribution in [0.3, 0.4) is 0 Å². The number of fused-ring (bicyclic) bond motifs is 1. The molecule has 0 spiro atoms. The predicted octanol–water partition coefficient (Wildman–Crippen LogP) is 3.00. The van der Waals surface area contributed by atoms with Gasteiger partial charge >= 0.3 is 0 Å². The van der Waals surface area contributed by atoms with Crippen LogP contribution in [0.2, 0.25) is 0 Å². The van der Waals surface area contributed by atoms with Gasteiger partial charge in [-0.25, -0.2) is 0 Å². The van der Waals surface area contributed by atoms with Gasteiger partial charge in [0.25, 0.3) is 0 Å². The molecule has 100 valence electrons. The van der Waals surface area contributed by atoms with E-state index in [2.05, 4.69) is 0 Å². The SMILES string of the molecule is Cc1ccc(C2Oc3ccccc3C=C2C(N)=O)cc1. The second-order valence-electron chi connectivity index (χ2n) is 4.91. The number of carbonyl (C=O) groups is 1. The Bertz CT molecular complexity index is 686. The summed E-state index contributed by atoms with van der Waals surface area (Å²) in [6, 6.07) is 15.5. The number of hydrogen-bond acceptors (Lipinski definition) is 2. The van der Waals surface area contributed by atoms with Gasteiger partial charge in [-0.15, -0.1) is 0 Å². The molecule has 1 heterocycles. The van der Waals surface area contributed by atoms with Crippen LogP contribution in [0.15, 0.2) is 54.1 Å². The summed E-state index contributed by atoms with van der Waals surface area (Å²) in [4.78, 5) is 11.7. The molecule has 2 aromatic carbocycles. The maximum absolute atomic E-state index is 11.7. The molecule has 2 aromatic rings. The zero-order valence-electron chi connectivity index (χ0n) is 11.2. The Kier molecular flexibility index (Phi) is 3.03. The maximum Gasteiger partial charge on any atom is 0.248 e. The Labute approximate surface area is 117 Å². The first-order valence-corrected chi connectivity index (χ1v) is 6.49. The molecule has 0 saturated carbocycles. The zero-order chi connectivity index (χ0) is 14.1. The van der Waals surface area contributed by atoms with Gasteiger partial charge in [0.2, 0.25) is 5.91 Å². The van der Waals surface area contributed by atoms with Crippen LogP contribution in [0, 0.1) is 6.92 Å². The topological polar surface area (TPSA) is 52.3 Å². The van der Waals surface area contributed by atoms with E-state index in [1.54, 1.807) is 0 Å². The molecule has 0 aromatic heterocycles. The van der Waals surface area contributed by atoms with Crippen LogP contribution in [-0.2, 0) is 4.79 Å². The van der Waals surface area contributed by atoms with Crippen molar-refractivity contribution < 1.29 is 9.53 Å². The quantitative estimate of drug-likeness (QED) is 0.907. The molecule has 0 bridgehead atoms. The van der Waals surface area contributed by atoms with E-state index in [-0.39, 0.29) is 0 Å². The number of hydrogen-bond donors (Lipinski definition) is 1. The molecule has 0 fully saturated rings. The summed E-state index contributed by atoms with van der Waals surface area (Å²) in [7, 11) is 0. The first-order chi connectivity index (χ1) is 9.65. The van der Waals surface area contributed by atoms with Crippen LogP contribution in [-0.4, -0.2) is 5.91 Å². The summed E-state index contributed by atoms with van der Waals surface area (Å²) >= 11 is 0. The smallest absolute Gasteiger partial charge is 0.248 e. The van der Waals surface area contributed by atoms with E-state index in [0.29, 0.717) is 5.57 Å². The van der Waals surface area contributed by atoms with Crippen LogP contribution < -0.4 is 10.5 Å². The number of benzene rings is 2. The van der Waals surface area contributed by atoms with Crippen molar-refractivity contribution in [1.29, 1.82) is 0 Å². The van der Waals surface area contributed by atoms with E-state index in [1.165, 1.54) is 0 Å². The molecule has 0 radical (unpaired) electrons. The van der Waals surface area contributed by atoms with Gasteiger partial charge in [-0.2, -0.15) is 0 Å². The Morgan fingerprint density at radius 1 is 1.10 bits per heavy atom. The molecular formula is C17H15NO2. The van der Waals surface area contributed by atoms with Crippen molar-refractivity contribution in [2.24, 2.45) is 5.73 Å². The third kappa shape index (κ3) is 2.18. The maximum atomic E-state index is 11.7. The highest BCUT2D eigenvalue weighted by molar-refractivity contribution is 5.99. The molecule has 1 atom stereocenters. The van der Waals surface area contributed by atoms with E-state index >= 15 is 0 Å². The van der Waals surface area contributed by atoms with E-state index < -0.39 is 12.0 Å². The van der Waals surface area contributed by atoms with Crippen LogP contribution in [0.1, 0.15) is 22.8 Å². The fraction of sp³-hybridized carbons (Fsp3) is 0.118. The van der Waals surface area contributed by atoms with Crippen molar-refractivity contribution >= 4 is 12.0 Å². The minimum Gasteiger partial charge on any atom is -0.480 e. The second kappa shape index (κ2) is 4.85. The molecule has 3 nitrogen and oxygen atoms in total. The van der Waals surface area contributed by atoms with Crippen molar-refractivity contribution in [3.05, 3.63) is 70.8 Å². The molecule has 2 N–H and O–H groups in total. The average molecular weight is 265 g/mol. The van der Waals surface area contributed by atoms with Crippen LogP contribution in [0.5, 0.6) is 5.75 Å². The molecule has 0 aliphatic carbocycles. The molecule has 3 rings (SSSR count). The highest BCUT2D eigenvalue weighted by Crippen LogP contribution is 2.37. The molecule has 1 aliphatic heterocycles. The van der Waals surface area contributed by atoms with Crippen molar-refractivity contribution in [2.45, 2.75) is 13.0 Å². The first kappa shape index (κ1) is 12.5. The van der Waals surface area contributed by atoms with Crippen molar-refractivity contribution in [2.75, 3.05) is 0 Å². The number of aryl methyl sites for hydroxylation is 1. The summed E-state index contributed by atoms with van der Waals surface area (Å²) in [5.41, 5.74) is 8.94. The van der Waals surface area contributed by atoms with Gasteiger partial charge in [-0.3, -0.25) is 4.79 Å². The minimum atomic E-state index is -0.454. The second-order valence-corrected chi connectivity index (χ2v) is 4.91. The molecule has 3 heteroatoms. The minimum absolute atomic E-state index is 0.442. The number of primary amides is 1. The van der Waals surface area contributed by atoms with Crippen molar-refractivity contribution in [3.8, 4) is 5.75 Å². The third-order valence-corrected chi connectivity index (χ3v) is 3.42. The fourth-order valence-electron chi connectivity index (χ4n) is 2.33. The molecule has 1 aliphatic rings. The van der Waals surface area contributed by atoms with Gasteiger partial charge in [-0.1, -0.05) is 48.0 Å². The van der Waals surface area contributed by atoms with E-state index in [4.69, 9.17) is 10.5 Å². The standard InChI is InChI=1S/C17H15NO2/c1-11-6-8-12(9-7-11)16-14(17(18)19)10-13-4-2-3-5-15(13)20-16/h2-10,16H,1H3,(H2,18,19). The molecule has 20 heavy (non-hydrogen) atoms. The Balaban J connectivity index is 2.08. The highest BCUT2D eigenvalue weighted by atomic mass is 16.5. The monoisotopic (exact) mass is 265 g/mol. The van der Waals surface area contributed by atoms with E-state index in [9.17, 15) is 4.79 Å². The van der Waals surface area contributed by atoms with Crippen molar-refractivity contribution in [3.63, 3.8) is 0 Å². The summed E-state index contributed by atoms with van der Waals surface area (Å²) in [6.45, 7) is 2.02. The molecular weight excluding hydrogens is 250 g/mol. The van der Waals surface area contributed by atoms with Gasteiger partial charge < -0.3 is 10.5 Å². The molecule has 0 saturated heterocycles. The number of para-hydroxylation sites is 1. The van der Waals surface area contributed by atoms with Crippen LogP contribution in [0.4, 0.5) is 0 Å². The van der Waals surface area contributed by atoms with E-state index in [0.717, 1.165) is 22.4 Å². The largest absolute Gasteiger partial charge is 0.480 e. The van der Waals surface area contributed by atoms with Gasteiger partial charge in [0.05, 0.1) is 5.57 Å². The van der Waals surface area contributed by atoms with Crippen LogP contribution in [0.25, 0.3) is 6.08 Å². The normalized spacial score (nSPS) is 16.9. The first-order valence-electron chi connectivity index (χ1n) is 6.49. The Morgan fingerprint density at radius 2 is 1.80 bits per heavy atom. The van der Waals surface area contributed by atoms with Gasteiger partial charge in [-0.05, 0) is 24.6 Å². The molecule has 1 unspecified atom stereocenters. The average Bonchev–Trinajstić information content (AvgIpc) is 2.46. The zero-order valence-corrected chi connectivity index (χ0v) is 11.2. The summed E-state index contributed by atoms with van der Waals surface area (Å²) in [5, 5.41) is 0. The lowest BCUT2D eigenvalue weighted by Crippen LogP contribution is -2.25. The molecule has 1 amide bonds. The summed E-state index contributed by atoms with van der Waals surface area (Å²) < 4.78 is 5.96. The number of ether oxygens (including phenoxy) is 1. The van der Waals surface area contributed by atoms with E-state index in [1.807, 2.05) is 61.5 Å². The number of carbonyl (C=O) groups excluding carboxylic acids is 1. The highest BCUT2D eigenvalue weighted by Gasteiger charge is 2.27. The van der Waals surface area contributed by atoms with Gasteiger partial charge in [0.1, 0.15) is 5.75 Å². The van der Waals surface area contributed by atoms with Gasteiger partial charge in [0, 0.05) is 5.56 Å². The fourth-order valence-corrected chi connectivity index (χ4v) is 2.33. The lowest BCUT2D eigenvalue weighted by Gasteiger charge is -2.26. The third-order valence-electron chi connectivity index (χ3n) is 3.42. The van der Waals surface area contributed by atoms with Crippen LogP contribution >= 0.6 is 0 Å².